The summed E-state index contributed by atoms with van der Waals surface area (Å²) in [5.41, 5.74) is -0.221. The van der Waals surface area contributed by atoms with E-state index < -0.39 is 28.9 Å². The van der Waals surface area contributed by atoms with Crippen LogP contribution in [0.25, 0.3) is 10.9 Å². The molecule has 1 aliphatic heterocycles. The molecule has 1 aliphatic carbocycles. The number of nitrogens with zero attached hydrogens (tertiary/aromatic N) is 3. The summed E-state index contributed by atoms with van der Waals surface area (Å²) in [7, 11) is 3.70. The number of carbonyl (C=O) groups is 2. The van der Waals surface area contributed by atoms with Gasteiger partial charge in [0.1, 0.15) is 17.0 Å². The summed E-state index contributed by atoms with van der Waals surface area (Å²) in [6.45, 7) is 9.35. The Balaban J connectivity index is 1.12. The maximum atomic E-state index is 15.4. The molecule has 3 atom stereocenters. The van der Waals surface area contributed by atoms with Crippen LogP contribution in [0.5, 0.6) is 23.0 Å². The van der Waals surface area contributed by atoms with Gasteiger partial charge in [-0.3, -0.25) is 14.6 Å². The lowest BCUT2D eigenvalue weighted by molar-refractivity contribution is -0.132. The molecule has 258 valence electrons. The average molecular weight is 674 g/mol. The third kappa shape index (κ3) is 7.16. The molecule has 2 amide bonds. The molecular formula is C37H41F2N5O5. The Morgan fingerprint density at radius 3 is 2.18 bits per heavy atom. The van der Waals surface area contributed by atoms with Crippen molar-refractivity contribution in [2.75, 3.05) is 64.1 Å². The smallest absolute Gasteiger partial charge is 0.240 e. The van der Waals surface area contributed by atoms with Crippen molar-refractivity contribution < 1.29 is 32.6 Å². The largest absolute Gasteiger partial charge is 0.493 e. The predicted octanol–water partition coefficient (Wildman–Crippen LogP) is 6.18. The summed E-state index contributed by atoms with van der Waals surface area (Å²) in [6, 6.07) is 14.6. The van der Waals surface area contributed by atoms with Crippen molar-refractivity contribution in [3.8, 4) is 23.0 Å². The third-order valence-corrected chi connectivity index (χ3v) is 9.80. The van der Waals surface area contributed by atoms with Crippen LogP contribution in [-0.4, -0.2) is 80.1 Å². The maximum absolute atomic E-state index is 15.4. The average Bonchev–Trinajstić information content (AvgIpc) is 3.65. The molecule has 2 heterocycles. The number of rotatable bonds is 12. The summed E-state index contributed by atoms with van der Waals surface area (Å²) < 4.78 is 46.4. The van der Waals surface area contributed by atoms with E-state index in [1.165, 1.54) is 36.4 Å². The van der Waals surface area contributed by atoms with Crippen LogP contribution in [0.3, 0.4) is 0 Å². The second-order valence-electron chi connectivity index (χ2n) is 12.8. The quantitative estimate of drug-likeness (QED) is 0.136. The fraction of sp³-hybridized carbons (Fsp3) is 0.378. The van der Waals surface area contributed by atoms with Crippen LogP contribution in [0.15, 0.2) is 66.9 Å². The second kappa shape index (κ2) is 14.4. The highest BCUT2D eigenvalue weighted by molar-refractivity contribution is 6.17. The molecule has 2 fully saturated rings. The summed E-state index contributed by atoms with van der Waals surface area (Å²) in [6.07, 6.45) is 2.45. The number of piperazine rings is 1. The van der Waals surface area contributed by atoms with Crippen molar-refractivity contribution in [2.45, 2.75) is 20.3 Å². The molecule has 12 heteroatoms. The number of benzene rings is 3. The Bertz CT molecular complexity index is 1820. The summed E-state index contributed by atoms with van der Waals surface area (Å²) in [4.78, 5) is 36.0. The van der Waals surface area contributed by atoms with E-state index in [2.05, 4.69) is 32.5 Å². The van der Waals surface area contributed by atoms with Gasteiger partial charge in [-0.15, -0.1) is 0 Å². The lowest BCUT2D eigenvalue weighted by Crippen LogP contribution is -2.44. The highest BCUT2D eigenvalue weighted by Gasteiger charge is 2.69. The molecule has 2 aliphatic rings. The number of hydrogen-bond donors (Lipinski definition) is 2. The van der Waals surface area contributed by atoms with Gasteiger partial charge in [-0.2, -0.15) is 0 Å². The SMILES string of the molecule is COc1cc2c(Oc3ccc(NC(=O)C4(C(=O)Nc5ccc(F)cc5)[C@H](C)[C@@H]4C)cc3F)ccnc2cc1OCCCN1CCN(C)CC1. The van der Waals surface area contributed by atoms with Crippen molar-refractivity contribution in [2.24, 2.45) is 17.3 Å². The van der Waals surface area contributed by atoms with Crippen LogP contribution in [0, 0.1) is 28.9 Å². The van der Waals surface area contributed by atoms with E-state index in [1.54, 1.807) is 31.5 Å². The van der Waals surface area contributed by atoms with Crippen LogP contribution < -0.4 is 24.8 Å². The van der Waals surface area contributed by atoms with Gasteiger partial charge in [0.15, 0.2) is 23.1 Å². The first-order valence-corrected chi connectivity index (χ1v) is 16.5. The van der Waals surface area contributed by atoms with E-state index in [9.17, 15) is 14.0 Å². The summed E-state index contributed by atoms with van der Waals surface area (Å²) in [5.74, 6) is -1.36. The van der Waals surface area contributed by atoms with Crippen molar-refractivity contribution >= 4 is 34.1 Å². The van der Waals surface area contributed by atoms with Crippen LogP contribution >= 0.6 is 0 Å². The van der Waals surface area contributed by atoms with Crippen LogP contribution in [0.1, 0.15) is 20.3 Å². The third-order valence-electron chi connectivity index (χ3n) is 9.80. The van der Waals surface area contributed by atoms with Gasteiger partial charge in [0, 0.05) is 67.8 Å². The van der Waals surface area contributed by atoms with Crippen molar-refractivity contribution in [3.63, 3.8) is 0 Å². The number of fused-ring (bicyclic) bond motifs is 1. The molecule has 3 aromatic carbocycles. The zero-order valence-electron chi connectivity index (χ0n) is 28.1. The number of amides is 2. The van der Waals surface area contributed by atoms with E-state index in [4.69, 9.17) is 14.2 Å². The van der Waals surface area contributed by atoms with Gasteiger partial charge in [-0.25, -0.2) is 8.78 Å². The molecule has 0 spiro atoms. The first-order valence-electron chi connectivity index (χ1n) is 16.5. The zero-order valence-corrected chi connectivity index (χ0v) is 28.1. The van der Waals surface area contributed by atoms with Gasteiger partial charge in [0.25, 0.3) is 0 Å². The van der Waals surface area contributed by atoms with Gasteiger partial charge >= 0.3 is 0 Å². The molecule has 49 heavy (non-hydrogen) atoms. The molecule has 1 saturated heterocycles. The molecule has 0 radical (unpaired) electrons. The number of aromatic nitrogens is 1. The van der Waals surface area contributed by atoms with Crippen molar-refractivity contribution in [3.05, 3.63) is 78.5 Å². The van der Waals surface area contributed by atoms with Gasteiger partial charge < -0.3 is 34.6 Å². The number of ether oxygens (including phenoxy) is 3. The normalized spacial score (nSPS) is 20.9. The Morgan fingerprint density at radius 2 is 1.53 bits per heavy atom. The number of hydrogen-bond acceptors (Lipinski definition) is 8. The minimum atomic E-state index is -1.36. The fourth-order valence-electron chi connectivity index (χ4n) is 6.52. The Morgan fingerprint density at radius 1 is 0.857 bits per heavy atom. The molecule has 0 bridgehead atoms. The lowest BCUT2D eigenvalue weighted by atomic mass is 9.99. The van der Waals surface area contributed by atoms with Crippen molar-refractivity contribution in [1.82, 2.24) is 14.8 Å². The zero-order chi connectivity index (χ0) is 34.7. The Hall–Kier alpha value is -4.81. The van der Waals surface area contributed by atoms with E-state index in [1.807, 2.05) is 13.8 Å². The number of carbonyl (C=O) groups excluding carboxylic acids is 2. The van der Waals surface area contributed by atoms with Gasteiger partial charge in [-0.05, 0) is 73.8 Å². The first-order chi connectivity index (χ1) is 23.6. The van der Waals surface area contributed by atoms with E-state index >= 15 is 4.39 Å². The van der Waals surface area contributed by atoms with E-state index in [0.29, 0.717) is 40.4 Å². The number of halogens is 2. The summed E-state index contributed by atoms with van der Waals surface area (Å²) in [5, 5.41) is 6.02. The summed E-state index contributed by atoms with van der Waals surface area (Å²) >= 11 is 0. The number of nitrogens with one attached hydrogen (secondary N) is 2. The highest BCUT2D eigenvalue weighted by Crippen LogP contribution is 2.59. The molecule has 10 nitrogen and oxygen atoms in total. The van der Waals surface area contributed by atoms with E-state index in [-0.39, 0.29) is 23.3 Å². The topological polar surface area (TPSA) is 105 Å². The molecular weight excluding hydrogens is 632 g/mol. The highest BCUT2D eigenvalue weighted by atomic mass is 19.1. The minimum Gasteiger partial charge on any atom is -0.493 e. The number of methoxy groups -OCH3 is 1. The molecule has 4 aromatic rings. The fourth-order valence-corrected chi connectivity index (χ4v) is 6.52. The van der Waals surface area contributed by atoms with Crippen LogP contribution in [0.2, 0.25) is 0 Å². The predicted molar refractivity (Wildman–Crippen MR) is 183 cm³/mol. The Labute approximate surface area is 284 Å². The molecule has 1 saturated carbocycles. The molecule has 2 N–H and O–H groups in total. The van der Waals surface area contributed by atoms with Gasteiger partial charge in [0.05, 0.1) is 19.2 Å². The second-order valence-corrected chi connectivity index (χ2v) is 12.8. The molecule has 1 aromatic heterocycles. The van der Waals surface area contributed by atoms with Crippen molar-refractivity contribution in [1.29, 1.82) is 0 Å². The van der Waals surface area contributed by atoms with E-state index in [0.717, 1.165) is 45.2 Å². The van der Waals surface area contributed by atoms with Gasteiger partial charge in [-0.1, -0.05) is 13.8 Å². The maximum Gasteiger partial charge on any atom is 0.240 e. The lowest BCUT2D eigenvalue weighted by Gasteiger charge is -2.32. The standard InChI is InChI=1S/C37H41F2N5O5/c1-23-24(2)37(23,35(45)41-26-8-6-25(38)7-9-26)36(46)42-27-10-11-32(29(39)20-27)49-31-12-13-40-30-22-34(33(47-4)21-28(30)31)48-19-5-14-44-17-15-43(3)16-18-44/h6-13,20-24H,5,14-19H2,1-4H3,(H,41,45)(H,42,46)/t23-,24+,37?. The molecule has 1 unspecified atom stereocenters. The Kier molecular flexibility index (Phi) is 9.98. The van der Waals surface area contributed by atoms with Crippen LogP contribution in [-0.2, 0) is 9.59 Å². The number of likely N-dealkylation sites (N-methyl/N-ethyl adjacent to an activating group) is 1. The first kappa shape index (κ1) is 34.1. The number of pyridine rings is 1. The van der Waals surface area contributed by atoms with Crippen LogP contribution in [0.4, 0.5) is 20.2 Å². The minimum absolute atomic E-state index is 0.0642. The number of anilines is 2. The monoisotopic (exact) mass is 673 g/mol. The molecule has 6 rings (SSSR count). The van der Waals surface area contributed by atoms with Gasteiger partial charge in [0.2, 0.25) is 11.8 Å².